The standard InChI is InChI=1S/C19H25FN4O3/c1-4-16(9-14-5-7-15(20)8-6-14)21-19(25)24-10-12(2)26-17(11-24)18-23-22-13(3)27-18/h5-8,12,16-17H,4,9-11H2,1-3H3,(H,21,25)/t12-,16?,17-/m1/s1. The maximum Gasteiger partial charge on any atom is 0.317 e. The molecule has 1 aromatic carbocycles. The zero-order valence-electron chi connectivity index (χ0n) is 15.8. The quantitative estimate of drug-likeness (QED) is 0.868. The van der Waals surface area contributed by atoms with Crippen LogP contribution >= 0.6 is 0 Å². The molecule has 2 heterocycles. The van der Waals surface area contributed by atoms with E-state index in [1.807, 2.05) is 13.8 Å². The molecule has 3 atom stereocenters. The minimum Gasteiger partial charge on any atom is -0.423 e. The number of rotatable bonds is 5. The molecule has 8 heteroatoms. The molecule has 1 unspecified atom stereocenters. The van der Waals surface area contributed by atoms with E-state index >= 15 is 0 Å². The lowest BCUT2D eigenvalue weighted by atomic mass is 10.0. The van der Waals surface area contributed by atoms with Crippen LogP contribution in [0, 0.1) is 12.7 Å². The van der Waals surface area contributed by atoms with Crippen molar-refractivity contribution < 1.29 is 18.3 Å². The first-order valence-corrected chi connectivity index (χ1v) is 9.20. The second-order valence-corrected chi connectivity index (χ2v) is 6.88. The summed E-state index contributed by atoms with van der Waals surface area (Å²) in [6.07, 6.45) is 0.848. The molecule has 0 saturated carbocycles. The van der Waals surface area contributed by atoms with Crippen LogP contribution < -0.4 is 5.32 Å². The van der Waals surface area contributed by atoms with E-state index in [-0.39, 0.29) is 24.0 Å². The number of ether oxygens (including phenoxy) is 1. The summed E-state index contributed by atoms with van der Waals surface area (Å²) < 4.78 is 24.4. The molecule has 146 valence electrons. The second-order valence-electron chi connectivity index (χ2n) is 6.88. The minimum absolute atomic E-state index is 0.0368. The average Bonchev–Trinajstić information content (AvgIpc) is 3.09. The van der Waals surface area contributed by atoms with Crippen LogP contribution in [-0.4, -0.2) is 46.4 Å². The summed E-state index contributed by atoms with van der Waals surface area (Å²) in [5, 5.41) is 10.9. The Bertz CT molecular complexity index is 765. The molecule has 0 aliphatic carbocycles. The third kappa shape index (κ3) is 5.03. The number of carbonyl (C=O) groups excluding carboxylic acids is 1. The number of morpholine rings is 1. The Morgan fingerprint density at radius 1 is 1.33 bits per heavy atom. The van der Waals surface area contributed by atoms with Gasteiger partial charge in [0.2, 0.25) is 11.8 Å². The highest BCUT2D eigenvalue weighted by molar-refractivity contribution is 5.74. The number of nitrogens with one attached hydrogen (secondary N) is 1. The van der Waals surface area contributed by atoms with E-state index in [2.05, 4.69) is 15.5 Å². The number of aryl methyl sites for hydroxylation is 1. The van der Waals surface area contributed by atoms with Crippen molar-refractivity contribution in [1.82, 2.24) is 20.4 Å². The molecule has 27 heavy (non-hydrogen) atoms. The van der Waals surface area contributed by atoms with Crippen molar-refractivity contribution in [2.45, 2.75) is 51.9 Å². The highest BCUT2D eigenvalue weighted by Gasteiger charge is 2.33. The van der Waals surface area contributed by atoms with E-state index < -0.39 is 6.10 Å². The van der Waals surface area contributed by atoms with Crippen LogP contribution in [0.5, 0.6) is 0 Å². The zero-order valence-corrected chi connectivity index (χ0v) is 15.8. The number of aromatic nitrogens is 2. The van der Waals surface area contributed by atoms with E-state index in [1.54, 1.807) is 24.0 Å². The molecule has 7 nitrogen and oxygen atoms in total. The predicted molar refractivity (Wildman–Crippen MR) is 96.6 cm³/mol. The first-order chi connectivity index (χ1) is 12.9. The van der Waals surface area contributed by atoms with Gasteiger partial charge in [-0.15, -0.1) is 10.2 Å². The van der Waals surface area contributed by atoms with Gasteiger partial charge in [-0.2, -0.15) is 0 Å². The molecule has 1 aliphatic rings. The SMILES string of the molecule is CCC(Cc1ccc(F)cc1)NC(=O)N1C[C@@H](C)O[C@@H](c2nnc(C)o2)C1. The molecule has 1 N–H and O–H groups in total. The smallest absolute Gasteiger partial charge is 0.317 e. The molecule has 2 amide bonds. The van der Waals surface area contributed by atoms with Gasteiger partial charge >= 0.3 is 6.03 Å². The third-order valence-corrected chi connectivity index (χ3v) is 4.58. The number of hydrogen-bond donors (Lipinski definition) is 1. The summed E-state index contributed by atoms with van der Waals surface area (Å²) in [6, 6.07) is 6.17. The van der Waals surface area contributed by atoms with Gasteiger partial charge in [0.05, 0.1) is 12.6 Å². The van der Waals surface area contributed by atoms with Crippen molar-refractivity contribution in [2.24, 2.45) is 0 Å². The molecule has 3 rings (SSSR count). The van der Waals surface area contributed by atoms with Gasteiger partial charge < -0.3 is 19.4 Å². The van der Waals surface area contributed by atoms with Gasteiger partial charge in [0.1, 0.15) is 5.82 Å². The van der Waals surface area contributed by atoms with E-state index in [1.165, 1.54) is 12.1 Å². The maximum atomic E-state index is 13.1. The Balaban J connectivity index is 1.61. The molecule has 1 aromatic heterocycles. The van der Waals surface area contributed by atoms with Crippen LogP contribution in [0.1, 0.15) is 43.7 Å². The van der Waals surface area contributed by atoms with E-state index in [0.29, 0.717) is 31.3 Å². The van der Waals surface area contributed by atoms with Crippen molar-refractivity contribution in [1.29, 1.82) is 0 Å². The van der Waals surface area contributed by atoms with Gasteiger partial charge in [-0.3, -0.25) is 0 Å². The first-order valence-electron chi connectivity index (χ1n) is 9.20. The molecule has 1 aliphatic heterocycles. The maximum absolute atomic E-state index is 13.1. The second kappa shape index (κ2) is 8.47. The van der Waals surface area contributed by atoms with Gasteiger partial charge in [-0.25, -0.2) is 9.18 Å². The third-order valence-electron chi connectivity index (χ3n) is 4.58. The summed E-state index contributed by atoms with van der Waals surface area (Å²) in [5.74, 6) is 0.587. The van der Waals surface area contributed by atoms with Crippen molar-refractivity contribution in [3.05, 3.63) is 47.4 Å². The molecule has 2 aromatic rings. The number of benzene rings is 1. The number of urea groups is 1. The predicted octanol–water partition coefficient (Wildman–Crippen LogP) is 3.01. The van der Waals surface area contributed by atoms with Crippen molar-refractivity contribution in [2.75, 3.05) is 13.1 Å². The van der Waals surface area contributed by atoms with Crippen LogP contribution in [0.4, 0.5) is 9.18 Å². The van der Waals surface area contributed by atoms with Crippen molar-refractivity contribution in [3.8, 4) is 0 Å². The van der Waals surface area contributed by atoms with Crippen LogP contribution in [0.3, 0.4) is 0 Å². The monoisotopic (exact) mass is 376 g/mol. The molecular weight excluding hydrogens is 351 g/mol. The fraction of sp³-hybridized carbons (Fsp3) is 0.526. The molecule has 1 fully saturated rings. The lowest BCUT2D eigenvalue weighted by Gasteiger charge is -2.36. The van der Waals surface area contributed by atoms with Gasteiger partial charge in [0.25, 0.3) is 0 Å². The molecule has 1 saturated heterocycles. The zero-order chi connectivity index (χ0) is 19.4. The number of amides is 2. The van der Waals surface area contributed by atoms with E-state index in [0.717, 1.165) is 12.0 Å². The fourth-order valence-electron chi connectivity index (χ4n) is 3.16. The number of carbonyl (C=O) groups is 1. The van der Waals surface area contributed by atoms with Crippen LogP contribution in [0.2, 0.25) is 0 Å². The first kappa shape index (κ1) is 19.3. The lowest BCUT2D eigenvalue weighted by Crippen LogP contribution is -2.52. The Kier molecular flexibility index (Phi) is 6.05. The summed E-state index contributed by atoms with van der Waals surface area (Å²) in [7, 11) is 0. The Hall–Kier alpha value is -2.48. The Labute approximate surface area is 157 Å². The van der Waals surface area contributed by atoms with Crippen molar-refractivity contribution in [3.63, 3.8) is 0 Å². The number of hydrogen-bond acceptors (Lipinski definition) is 5. The lowest BCUT2D eigenvalue weighted by molar-refractivity contribution is -0.0769. The summed E-state index contributed by atoms with van der Waals surface area (Å²) in [6.45, 7) is 6.48. The molecule has 0 bridgehead atoms. The Morgan fingerprint density at radius 2 is 2.07 bits per heavy atom. The molecule has 0 spiro atoms. The van der Waals surface area contributed by atoms with Gasteiger partial charge in [-0.1, -0.05) is 19.1 Å². The van der Waals surface area contributed by atoms with Crippen LogP contribution in [0.25, 0.3) is 0 Å². The fourth-order valence-corrected chi connectivity index (χ4v) is 3.16. The topological polar surface area (TPSA) is 80.5 Å². The summed E-state index contributed by atoms with van der Waals surface area (Å²) in [5.41, 5.74) is 0.984. The molecular formula is C19H25FN4O3. The largest absolute Gasteiger partial charge is 0.423 e. The van der Waals surface area contributed by atoms with Crippen LogP contribution in [0.15, 0.2) is 28.7 Å². The van der Waals surface area contributed by atoms with Gasteiger partial charge in [0, 0.05) is 19.5 Å². The van der Waals surface area contributed by atoms with E-state index in [9.17, 15) is 9.18 Å². The van der Waals surface area contributed by atoms with Gasteiger partial charge in [-0.05, 0) is 37.5 Å². The molecule has 0 radical (unpaired) electrons. The number of nitrogens with zero attached hydrogens (tertiary/aromatic N) is 3. The van der Waals surface area contributed by atoms with Gasteiger partial charge in [0.15, 0.2) is 6.10 Å². The normalized spacial score (nSPS) is 21.1. The number of halogens is 1. The minimum atomic E-state index is -0.433. The Morgan fingerprint density at radius 3 is 2.70 bits per heavy atom. The highest BCUT2D eigenvalue weighted by atomic mass is 19.1. The van der Waals surface area contributed by atoms with Crippen LogP contribution in [-0.2, 0) is 11.2 Å². The van der Waals surface area contributed by atoms with E-state index in [4.69, 9.17) is 9.15 Å². The summed E-state index contributed by atoms with van der Waals surface area (Å²) in [4.78, 5) is 14.5. The average molecular weight is 376 g/mol. The van der Waals surface area contributed by atoms with Crippen molar-refractivity contribution >= 4 is 6.03 Å². The highest BCUT2D eigenvalue weighted by Crippen LogP contribution is 2.24. The summed E-state index contributed by atoms with van der Waals surface area (Å²) >= 11 is 0.